The fourth-order valence-corrected chi connectivity index (χ4v) is 5.63. The Morgan fingerprint density at radius 1 is 1.19 bits per heavy atom. The number of halogens is 4. The summed E-state index contributed by atoms with van der Waals surface area (Å²) in [5, 5.41) is 14.9. The number of hydrogen-bond acceptors (Lipinski definition) is 7. The van der Waals surface area contributed by atoms with Crippen molar-refractivity contribution in [1.29, 1.82) is 0 Å². The van der Waals surface area contributed by atoms with E-state index in [1.54, 1.807) is 17.2 Å². The summed E-state index contributed by atoms with van der Waals surface area (Å²) in [5.41, 5.74) is 14.2. The van der Waals surface area contributed by atoms with Crippen LogP contribution in [0.1, 0.15) is 49.8 Å². The minimum Gasteiger partial charge on any atom is -0.403 e. The number of alkyl halides is 3. The Hall–Kier alpha value is -3.45. The topological polar surface area (TPSA) is 125 Å². The number of nitrogens with two attached hydrogens (primary N) is 2. The first kappa shape index (κ1) is 30.0. The molecule has 0 saturated carbocycles. The molecule has 2 aliphatic heterocycles. The highest BCUT2D eigenvalue weighted by molar-refractivity contribution is 5.66. The summed E-state index contributed by atoms with van der Waals surface area (Å²) in [7, 11) is 0. The van der Waals surface area contributed by atoms with Crippen LogP contribution in [0.25, 0.3) is 17.5 Å². The lowest BCUT2D eigenvalue weighted by Gasteiger charge is -2.25. The summed E-state index contributed by atoms with van der Waals surface area (Å²) in [6.45, 7) is 3.44. The number of anilines is 1. The molecular formula is C30H36F4N6O2. The summed E-state index contributed by atoms with van der Waals surface area (Å²) < 4.78 is 58.6. The van der Waals surface area contributed by atoms with Gasteiger partial charge in [-0.1, -0.05) is 12.1 Å². The summed E-state index contributed by atoms with van der Waals surface area (Å²) in [4.78, 5) is 8.82. The van der Waals surface area contributed by atoms with Gasteiger partial charge in [-0.2, -0.15) is 0 Å². The predicted octanol–water partition coefficient (Wildman–Crippen LogP) is 3.54. The highest BCUT2D eigenvalue weighted by Crippen LogP contribution is 2.34. The van der Waals surface area contributed by atoms with Crippen molar-refractivity contribution in [3.63, 3.8) is 0 Å². The third-order valence-electron chi connectivity index (χ3n) is 7.73. The molecule has 8 nitrogen and oxygen atoms in total. The van der Waals surface area contributed by atoms with Crippen LogP contribution in [-0.4, -0.2) is 41.9 Å². The molecule has 7 N–H and O–H groups in total. The third-order valence-corrected chi connectivity index (χ3v) is 7.73. The molecule has 3 aromatic rings. The first-order valence-corrected chi connectivity index (χ1v) is 14.1. The van der Waals surface area contributed by atoms with Crippen molar-refractivity contribution in [2.75, 3.05) is 18.0 Å². The molecule has 0 aliphatic carbocycles. The fraction of sp³-hybridized carbons (Fsp3) is 0.433. The molecule has 2 unspecified atom stereocenters. The molecule has 226 valence electrons. The van der Waals surface area contributed by atoms with E-state index in [9.17, 15) is 18.3 Å². The van der Waals surface area contributed by atoms with Gasteiger partial charge in [-0.25, -0.2) is 9.38 Å². The molecule has 5 rings (SSSR count). The smallest absolute Gasteiger partial charge is 0.403 e. The normalized spacial score (nSPS) is 21.0. The van der Waals surface area contributed by atoms with Crippen LogP contribution in [0.3, 0.4) is 0 Å². The molecule has 1 aromatic heterocycles. The van der Waals surface area contributed by atoms with Crippen molar-refractivity contribution in [3.05, 3.63) is 70.1 Å². The Balaban J connectivity index is 1.42. The minimum absolute atomic E-state index is 0.0678. The number of ether oxygens (including phenoxy) is 1. The van der Waals surface area contributed by atoms with Gasteiger partial charge < -0.3 is 36.5 Å². The Bertz CT molecular complexity index is 1510. The van der Waals surface area contributed by atoms with Gasteiger partial charge in [0.15, 0.2) is 11.6 Å². The lowest BCUT2D eigenvalue weighted by atomic mass is 9.97. The second-order valence-electron chi connectivity index (χ2n) is 11.1. The number of aryl methyl sites for hydroxylation is 1. The maximum absolute atomic E-state index is 15.4. The molecule has 3 heterocycles. The van der Waals surface area contributed by atoms with E-state index >= 15 is 4.39 Å². The van der Waals surface area contributed by atoms with Gasteiger partial charge in [-0.05, 0) is 99.5 Å². The number of aliphatic hydroxyl groups is 1. The van der Waals surface area contributed by atoms with E-state index in [1.807, 2.05) is 31.2 Å². The molecule has 12 heteroatoms. The SMILES string of the molecule is C[C@H](N)CCCc1cc(OC(F)(F)F)c(F)c(-c2cc3c([nH]2)=NC(O)N(c2ccc([C@@H]4CC(CCN)CN4)cc2)C=3)c1. The number of fused-ring (bicyclic) bond motifs is 1. The van der Waals surface area contributed by atoms with E-state index in [0.29, 0.717) is 48.2 Å². The van der Waals surface area contributed by atoms with E-state index in [4.69, 9.17) is 11.5 Å². The lowest BCUT2D eigenvalue weighted by molar-refractivity contribution is -0.275. The van der Waals surface area contributed by atoms with Crippen LogP contribution in [-0.2, 0) is 6.42 Å². The van der Waals surface area contributed by atoms with Crippen LogP contribution in [0.5, 0.6) is 5.75 Å². The summed E-state index contributed by atoms with van der Waals surface area (Å²) in [5.74, 6) is -1.51. The average Bonchev–Trinajstić information content (AvgIpc) is 3.56. The van der Waals surface area contributed by atoms with Crippen molar-refractivity contribution >= 4 is 11.9 Å². The Labute approximate surface area is 241 Å². The lowest BCUT2D eigenvalue weighted by Crippen LogP contribution is -2.41. The number of benzene rings is 2. The highest BCUT2D eigenvalue weighted by Gasteiger charge is 2.33. The molecule has 42 heavy (non-hydrogen) atoms. The predicted molar refractivity (Wildman–Crippen MR) is 152 cm³/mol. The monoisotopic (exact) mass is 588 g/mol. The number of aromatic nitrogens is 1. The average molecular weight is 589 g/mol. The van der Waals surface area contributed by atoms with E-state index in [0.717, 1.165) is 31.0 Å². The van der Waals surface area contributed by atoms with Gasteiger partial charge in [-0.15, -0.1) is 13.2 Å². The number of rotatable bonds is 10. The van der Waals surface area contributed by atoms with Gasteiger partial charge in [0.25, 0.3) is 0 Å². The first-order chi connectivity index (χ1) is 20.0. The van der Waals surface area contributed by atoms with E-state index in [1.165, 1.54) is 6.07 Å². The Kier molecular flexibility index (Phi) is 8.88. The molecule has 0 amide bonds. The molecule has 0 spiro atoms. The van der Waals surface area contributed by atoms with E-state index < -0.39 is 24.3 Å². The molecule has 2 aromatic carbocycles. The van der Waals surface area contributed by atoms with Crippen LogP contribution < -0.4 is 37.1 Å². The molecular weight excluding hydrogens is 552 g/mol. The van der Waals surface area contributed by atoms with Crippen molar-refractivity contribution < 1.29 is 27.4 Å². The fourth-order valence-electron chi connectivity index (χ4n) is 5.63. The maximum Gasteiger partial charge on any atom is 0.573 e. The summed E-state index contributed by atoms with van der Waals surface area (Å²) in [6, 6.07) is 12.1. The number of nitrogens with zero attached hydrogens (tertiary/aromatic N) is 2. The van der Waals surface area contributed by atoms with Crippen LogP contribution >= 0.6 is 0 Å². The number of nitrogens with one attached hydrogen (secondary N) is 2. The standard InChI is InChI=1S/C30H36F4N6O2/c1-17(36)3-2-4-18-11-23(27(31)26(13-18)42-30(32,33)34)25-14-21-16-40(29(41)39-28(21)38-25)22-7-5-20(6-8-22)24-12-19(9-10-35)15-37-24/h5-8,11,13-14,16-17,19,24,29,37,41H,2-4,9-10,12,15,35-36H2,1H3,(H,38,39)/t17-,19?,24-,29?/m0/s1. The van der Waals surface area contributed by atoms with Gasteiger partial charge in [0.1, 0.15) is 5.49 Å². The third kappa shape index (κ3) is 6.95. The van der Waals surface area contributed by atoms with Gasteiger partial charge in [0.2, 0.25) is 6.35 Å². The minimum atomic E-state index is -5.05. The van der Waals surface area contributed by atoms with Crippen LogP contribution in [0.4, 0.5) is 23.2 Å². The first-order valence-electron chi connectivity index (χ1n) is 14.1. The number of hydrogen-bond donors (Lipinski definition) is 5. The molecule has 1 fully saturated rings. The number of aliphatic hydroxyl groups excluding tert-OH is 1. The van der Waals surface area contributed by atoms with Gasteiger partial charge >= 0.3 is 6.36 Å². The zero-order chi connectivity index (χ0) is 30.0. The number of aromatic amines is 1. The van der Waals surface area contributed by atoms with Gasteiger partial charge in [-0.3, -0.25) is 0 Å². The van der Waals surface area contributed by atoms with Gasteiger partial charge in [0.05, 0.1) is 5.69 Å². The Morgan fingerprint density at radius 2 is 1.95 bits per heavy atom. The van der Waals surface area contributed by atoms with Crippen LogP contribution in [0, 0.1) is 11.7 Å². The second kappa shape index (κ2) is 12.4. The van der Waals surface area contributed by atoms with Crippen molar-refractivity contribution in [3.8, 4) is 17.0 Å². The second-order valence-corrected chi connectivity index (χ2v) is 11.1. The van der Waals surface area contributed by atoms with Crippen LogP contribution in [0.15, 0.2) is 47.5 Å². The maximum atomic E-state index is 15.4. The van der Waals surface area contributed by atoms with Crippen molar-refractivity contribution in [1.82, 2.24) is 10.3 Å². The van der Waals surface area contributed by atoms with Gasteiger partial charge in [0, 0.05) is 34.8 Å². The largest absolute Gasteiger partial charge is 0.573 e. The zero-order valence-electron chi connectivity index (χ0n) is 23.3. The summed E-state index contributed by atoms with van der Waals surface area (Å²) in [6.07, 6.45) is -0.974. The van der Waals surface area contributed by atoms with E-state index in [-0.39, 0.29) is 28.8 Å². The molecule has 1 saturated heterocycles. The highest BCUT2D eigenvalue weighted by atomic mass is 19.4. The molecule has 0 radical (unpaired) electrons. The Morgan fingerprint density at radius 3 is 2.64 bits per heavy atom. The van der Waals surface area contributed by atoms with Crippen molar-refractivity contribution in [2.45, 2.75) is 63.8 Å². The molecule has 0 bridgehead atoms. The summed E-state index contributed by atoms with van der Waals surface area (Å²) >= 11 is 0. The molecule has 4 atom stereocenters. The quantitative estimate of drug-likeness (QED) is 0.231. The number of H-pyrrole nitrogens is 1. The van der Waals surface area contributed by atoms with Crippen LogP contribution in [0.2, 0.25) is 0 Å². The van der Waals surface area contributed by atoms with Crippen molar-refractivity contribution in [2.24, 2.45) is 22.4 Å². The van der Waals surface area contributed by atoms with E-state index in [2.05, 4.69) is 20.0 Å². The molecule has 2 aliphatic rings. The zero-order valence-corrected chi connectivity index (χ0v) is 23.3.